The number of carbonyl (C=O) groups excluding carboxylic acids is 1. The number of hydrogen-bond acceptors (Lipinski definition) is 5. The van der Waals surface area contributed by atoms with Crippen molar-refractivity contribution in [2.45, 2.75) is 61.6 Å². The van der Waals surface area contributed by atoms with Crippen molar-refractivity contribution in [3.8, 4) is 0 Å². The van der Waals surface area contributed by atoms with Gasteiger partial charge in [0.05, 0.1) is 49.3 Å². The van der Waals surface area contributed by atoms with E-state index in [9.17, 15) is 9.90 Å². The summed E-state index contributed by atoms with van der Waals surface area (Å²) in [6.07, 6.45) is 9.36. The van der Waals surface area contributed by atoms with Crippen molar-refractivity contribution >= 4 is 12.0 Å². The molecule has 3 N–H and O–H groups in total. The van der Waals surface area contributed by atoms with E-state index in [4.69, 9.17) is 10.5 Å². The predicted octanol–water partition coefficient (Wildman–Crippen LogP) is 3.08. The molecule has 0 bridgehead atoms. The maximum Gasteiger partial charge on any atom is 0.325 e. The zero-order valence-corrected chi connectivity index (χ0v) is 23.5. The number of nitrogens with zero attached hydrogens (tertiary/aromatic N) is 5. The lowest BCUT2D eigenvalue weighted by Gasteiger charge is -2.52. The summed E-state index contributed by atoms with van der Waals surface area (Å²) >= 11 is 0. The van der Waals surface area contributed by atoms with Crippen LogP contribution >= 0.6 is 0 Å². The average Bonchev–Trinajstić information content (AvgIpc) is 3.20. The molecule has 2 aliphatic carbocycles. The first-order chi connectivity index (χ1) is 18.7. The van der Waals surface area contributed by atoms with Crippen molar-refractivity contribution in [3.05, 3.63) is 60.4 Å². The number of β-amino-alcohol motifs (C(OH)–C–C–N with tert-alkyl or cyclic N) is 1. The lowest BCUT2D eigenvalue weighted by Crippen LogP contribution is -2.59. The maximum atomic E-state index is 14.0. The van der Waals surface area contributed by atoms with Gasteiger partial charge in [0.25, 0.3) is 0 Å². The Hall–Kier alpha value is -2.88. The number of morpholine rings is 1. The van der Waals surface area contributed by atoms with Gasteiger partial charge < -0.3 is 25.4 Å². The number of rotatable bonds is 7. The van der Waals surface area contributed by atoms with Crippen LogP contribution in [0.1, 0.15) is 50.5 Å². The van der Waals surface area contributed by atoms with Gasteiger partial charge in [-0.2, -0.15) is 0 Å². The maximum absolute atomic E-state index is 14.0. The highest BCUT2D eigenvalue weighted by molar-refractivity contribution is 5.82. The van der Waals surface area contributed by atoms with Gasteiger partial charge in [0.15, 0.2) is 5.96 Å². The van der Waals surface area contributed by atoms with Gasteiger partial charge in [-0.05, 0) is 70.7 Å². The molecule has 1 aromatic carbocycles. The van der Waals surface area contributed by atoms with Gasteiger partial charge >= 0.3 is 6.03 Å². The van der Waals surface area contributed by atoms with Crippen LogP contribution in [0.5, 0.6) is 0 Å². The van der Waals surface area contributed by atoms with Gasteiger partial charge in [0.1, 0.15) is 0 Å². The van der Waals surface area contributed by atoms with Crippen molar-refractivity contribution in [3.63, 3.8) is 0 Å². The second kappa shape index (κ2) is 10.9. The zero-order valence-electron chi connectivity index (χ0n) is 23.5. The number of amides is 2. The molecule has 2 heterocycles. The van der Waals surface area contributed by atoms with Crippen molar-refractivity contribution in [1.29, 1.82) is 0 Å². The molecular formula is C30H44N6O3. The minimum atomic E-state index is -0.800. The van der Waals surface area contributed by atoms with E-state index < -0.39 is 5.60 Å². The van der Waals surface area contributed by atoms with Gasteiger partial charge in [0.2, 0.25) is 0 Å². The minimum absolute atomic E-state index is 0.0846. The summed E-state index contributed by atoms with van der Waals surface area (Å²) in [5, 5.41) is 11.2. The number of aliphatic hydroxyl groups is 1. The topological polar surface area (TPSA) is 97.9 Å². The summed E-state index contributed by atoms with van der Waals surface area (Å²) < 4.78 is 5.41. The summed E-state index contributed by atoms with van der Waals surface area (Å²) in [6, 6.07) is 10.6. The van der Waals surface area contributed by atoms with Crippen LogP contribution in [0.2, 0.25) is 0 Å². The number of aliphatic imine (C=N–C) groups is 1. The number of allylic oxidation sites excluding steroid dienone is 1. The molecule has 2 saturated heterocycles. The fourth-order valence-corrected chi connectivity index (χ4v) is 6.81. The van der Waals surface area contributed by atoms with Crippen LogP contribution < -0.4 is 5.73 Å². The number of benzene rings is 1. The molecule has 0 radical (unpaired) electrons. The Balaban J connectivity index is 1.42. The molecular weight excluding hydrogens is 492 g/mol. The van der Waals surface area contributed by atoms with Gasteiger partial charge in [-0.25, -0.2) is 9.79 Å². The molecule has 1 spiro atoms. The van der Waals surface area contributed by atoms with Crippen LogP contribution in [0, 0.1) is 0 Å². The van der Waals surface area contributed by atoms with Crippen molar-refractivity contribution in [2.24, 2.45) is 10.7 Å². The van der Waals surface area contributed by atoms with Crippen molar-refractivity contribution < 1.29 is 14.6 Å². The molecule has 0 atom stereocenters. The highest BCUT2D eigenvalue weighted by atomic mass is 16.5. The van der Waals surface area contributed by atoms with E-state index >= 15 is 0 Å². The molecule has 39 heavy (non-hydrogen) atoms. The number of guanidine groups is 1. The first kappa shape index (κ1) is 27.7. The van der Waals surface area contributed by atoms with E-state index in [0.717, 1.165) is 44.9 Å². The molecule has 0 aromatic heterocycles. The first-order valence-corrected chi connectivity index (χ1v) is 14.3. The molecule has 5 rings (SSSR count). The second-order valence-electron chi connectivity index (χ2n) is 11.9. The number of ether oxygens (including phenoxy) is 1. The second-order valence-corrected chi connectivity index (χ2v) is 11.9. The van der Waals surface area contributed by atoms with E-state index in [-0.39, 0.29) is 17.1 Å². The Kier molecular flexibility index (Phi) is 7.77. The molecule has 4 fully saturated rings. The van der Waals surface area contributed by atoms with Crippen LogP contribution in [-0.2, 0) is 10.3 Å². The SMILES string of the molecule is C=C/C(=C\N=C(/N)N1CCOCC1)N1C[C@]2(CC[C@](c3ccccc3)(N(C)C)CC2)N(CC2(O)CCC2)C1=O. The standard InChI is InChI=1S/C30H44N6O3/c1-4-25(21-32-26(31)34-17-19-39-20-18-34)35-22-28(36(27(35)37)23-29(38)11-8-12-29)13-15-30(16-14-28,33(2)3)24-9-6-5-7-10-24/h4-7,9-10,21,38H,1,8,11-20,22-23H2,2-3H3,(H2,31,32)/b25-21+/t28-,30+. The highest BCUT2D eigenvalue weighted by Gasteiger charge is 2.56. The number of nitrogens with two attached hydrogens (primary N) is 1. The van der Waals surface area contributed by atoms with E-state index in [1.54, 1.807) is 17.2 Å². The van der Waals surface area contributed by atoms with E-state index in [1.807, 2.05) is 9.80 Å². The molecule has 0 unspecified atom stereocenters. The molecule has 4 aliphatic rings. The monoisotopic (exact) mass is 536 g/mol. The van der Waals surface area contributed by atoms with Gasteiger partial charge in [-0.1, -0.05) is 36.9 Å². The Labute approximate surface area is 232 Å². The van der Waals surface area contributed by atoms with E-state index in [0.29, 0.717) is 51.0 Å². The lowest BCUT2D eigenvalue weighted by atomic mass is 9.67. The lowest BCUT2D eigenvalue weighted by molar-refractivity contribution is -0.0725. The predicted molar refractivity (Wildman–Crippen MR) is 153 cm³/mol. The summed E-state index contributed by atoms with van der Waals surface area (Å²) in [7, 11) is 4.31. The van der Waals surface area contributed by atoms with Crippen LogP contribution in [0.4, 0.5) is 4.79 Å². The molecule has 2 aliphatic heterocycles. The summed E-state index contributed by atoms with van der Waals surface area (Å²) in [4.78, 5) is 26.6. The van der Waals surface area contributed by atoms with E-state index in [1.165, 1.54) is 5.56 Å². The van der Waals surface area contributed by atoms with Crippen molar-refractivity contribution in [1.82, 2.24) is 19.6 Å². The van der Waals surface area contributed by atoms with Gasteiger partial charge in [-0.15, -0.1) is 0 Å². The minimum Gasteiger partial charge on any atom is -0.388 e. The summed E-state index contributed by atoms with van der Waals surface area (Å²) in [5.41, 5.74) is 6.96. The number of hydrogen-bond donors (Lipinski definition) is 2. The van der Waals surface area contributed by atoms with Gasteiger partial charge in [0, 0.05) is 18.6 Å². The Morgan fingerprint density at radius 1 is 1.13 bits per heavy atom. The first-order valence-electron chi connectivity index (χ1n) is 14.3. The number of carbonyl (C=O) groups is 1. The molecule has 9 heteroatoms. The Morgan fingerprint density at radius 2 is 1.79 bits per heavy atom. The normalized spacial score (nSPS) is 29.7. The van der Waals surface area contributed by atoms with Crippen LogP contribution in [0.25, 0.3) is 0 Å². The fourth-order valence-electron chi connectivity index (χ4n) is 6.81. The largest absolute Gasteiger partial charge is 0.388 e. The quantitative estimate of drug-likeness (QED) is 0.316. The van der Waals surface area contributed by atoms with Gasteiger partial charge in [-0.3, -0.25) is 9.80 Å². The smallest absolute Gasteiger partial charge is 0.325 e. The zero-order chi connectivity index (χ0) is 27.7. The Bertz CT molecular complexity index is 1100. The average molecular weight is 537 g/mol. The highest BCUT2D eigenvalue weighted by Crippen LogP contribution is 2.50. The molecule has 2 amide bonds. The summed E-state index contributed by atoms with van der Waals surface area (Å²) in [5.74, 6) is 0.413. The van der Waals surface area contributed by atoms with Crippen LogP contribution in [-0.4, -0.2) is 101 Å². The van der Waals surface area contributed by atoms with Crippen LogP contribution in [0.3, 0.4) is 0 Å². The molecule has 2 saturated carbocycles. The number of urea groups is 1. The molecule has 9 nitrogen and oxygen atoms in total. The summed E-state index contributed by atoms with van der Waals surface area (Å²) in [6.45, 7) is 7.54. The van der Waals surface area contributed by atoms with Crippen LogP contribution in [0.15, 0.2) is 59.9 Å². The fraction of sp³-hybridized carbons (Fsp3) is 0.600. The van der Waals surface area contributed by atoms with Crippen molar-refractivity contribution in [2.75, 3.05) is 53.5 Å². The Morgan fingerprint density at radius 3 is 2.36 bits per heavy atom. The third-order valence-corrected chi connectivity index (χ3v) is 9.58. The molecule has 1 aromatic rings. The third kappa shape index (κ3) is 5.19. The van der Waals surface area contributed by atoms with E-state index in [2.05, 4.69) is 60.9 Å². The third-order valence-electron chi connectivity index (χ3n) is 9.58. The molecule has 212 valence electrons.